The lowest BCUT2D eigenvalue weighted by atomic mass is 10.1. The summed E-state index contributed by atoms with van der Waals surface area (Å²) < 4.78 is 2.22. The summed E-state index contributed by atoms with van der Waals surface area (Å²) in [5.74, 6) is -0.272. The summed E-state index contributed by atoms with van der Waals surface area (Å²) in [6, 6.07) is 15.5. The maximum absolute atomic E-state index is 12.6. The third kappa shape index (κ3) is 3.54. The third-order valence-corrected chi connectivity index (χ3v) is 5.48. The number of para-hydroxylation sites is 1. The lowest BCUT2D eigenvalue weighted by Crippen LogP contribution is -2.31. The molecule has 0 saturated carbocycles. The van der Waals surface area contributed by atoms with Gasteiger partial charge in [-0.3, -0.25) is 9.69 Å². The Morgan fingerprint density at radius 3 is 2.52 bits per heavy atom. The molecule has 1 N–H and O–H groups in total. The van der Waals surface area contributed by atoms with Gasteiger partial charge >= 0.3 is 6.03 Å². The van der Waals surface area contributed by atoms with Gasteiger partial charge in [0.2, 0.25) is 0 Å². The molecule has 1 aliphatic heterocycles. The number of imide groups is 1. The van der Waals surface area contributed by atoms with Crippen LogP contribution < -0.4 is 5.32 Å². The number of amides is 3. The quantitative estimate of drug-likeness (QED) is 0.480. The SMILES string of the molecule is CCCN1C(=O)N/C(=C/c2c(C)n(Cc3ccc(Cl)cc3)c3ccccc23)C1=O. The highest BCUT2D eigenvalue weighted by atomic mass is 35.5. The van der Waals surface area contributed by atoms with Crippen molar-refractivity contribution in [2.75, 3.05) is 6.54 Å². The predicted molar refractivity (Wildman–Crippen MR) is 116 cm³/mol. The van der Waals surface area contributed by atoms with Crippen molar-refractivity contribution in [2.45, 2.75) is 26.8 Å². The fraction of sp³-hybridized carbons (Fsp3) is 0.217. The average molecular weight is 408 g/mol. The van der Waals surface area contributed by atoms with Gasteiger partial charge in [-0.2, -0.15) is 0 Å². The summed E-state index contributed by atoms with van der Waals surface area (Å²) in [5, 5.41) is 4.47. The number of carbonyl (C=O) groups is 2. The molecule has 4 rings (SSSR count). The molecule has 0 unspecified atom stereocenters. The second kappa shape index (κ2) is 7.76. The van der Waals surface area contributed by atoms with Crippen LogP contribution in [-0.2, 0) is 11.3 Å². The molecule has 0 atom stereocenters. The maximum atomic E-state index is 12.6. The van der Waals surface area contributed by atoms with E-state index in [9.17, 15) is 9.59 Å². The lowest BCUT2D eigenvalue weighted by Gasteiger charge is -2.09. The van der Waals surface area contributed by atoms with Crippen molar-refractivity contribution in [3.05, 3.63) is 76.1 Å². The van der Waals surface area contributed by atoms with E-state index in [0.717, 1.165) is 34.1 Å². The number of hydrogen-bond donors (Lipinski definition) is 1. The summed E-state index contributed by atoms with van der Waals surface area (Å²) in [4.78, 5) is 26.0. The van der Waals surface area contributed by atoms with E-state index in [1.165, 1.54) is 4.90 Å². The molecule has 2 aromatic carbocycles. The molecule has 1 saturated heterocycles. The van der Waals surface area contributed by atoms with E-state index in [0.29, 0.717) is 23.8 Å². The molecule has 0 bridgehead atoms. The van der Waals surface area contributed by atoms with Gasteiger partial charge < -0.3 is 9.88 Å². The number of fused-ring (bicyclic) bond motifs is 1. The smallest absolute Gasteiger partial charge is 0.329 e. The molecule has 0 spiro atoms. The van der Waals surface area contributed by atoms with Crippen LogP contribution in [0.3, 0.4) is 0 Å². The number of hydrogen-bond acceptors (Lipinski definition) is 2. The van der Waals surface area contributed by atoms with E-state index in [-0.39, 0.29) is 11.9 Å². The standard InChI is InChI=1S/C23H22ClN3O2/c1-3-12-26-22(28)20(25-23(26)29)13-19-15(2)27(21-7-5-4-6-18(19)21)14-16-8-10-17(24)11-9-16/h4-11,13H,3,12,14H2,1-2H3,(H,25,29)/b20-13+. The van der Waals surface area contributed by atoms with Gasteiger partial charge in [0, 0.05) is 40.3 Å². The van der Waals surface area contributed by atoms with Crippen molar-refractivity contribution < 1.29 is 9.59 Å². The van der Waals surface area contributed by atoms with Crippen molar-refractivity contribution >= 4 is 40.5 Å². The van der Waals surface area contributed by atoms with Crippen LogP contribution in [0.15, 0.2) is 54.2 Å². The van der Waals surface area contributed by atoms with E-state index < -0.39 is 0 Å². The minimum absolute atomic E-state index is 0.272. The fourth-order valence-electron chi connectivity index (χ4n) is 3.76. The molecule has 29 heavy (non-hydrogen) atoms. The Bertz CT molecular complexity index is 1130. The molecule has 2 heterocycles. The molecule has 148 valence electrons. The van der Waals surface area contributed by atoms with E-state index in [4.69, 9.17) is 11.6 Å². The summed E-state index contributed by atoms with van der Waals surface area (Å²) in [7, 11) is 0. The summed E-state index contributed by atoms with van der Waals surface area (Å²) in [5.41, 5.74) is 4.51. The Morgan fingerprint density at radius 1 is 1.07 bits per heavy atom. The van der Waals surface area contributed by atoms with Gasteiger partial charge in [0.25, 0.3) is 5.91 Å². The Hall–Kier alpha value is -3.05. The van der Waals surface area contributed by atoms with E-state index >= 15 is 0 Å². The molecular weight excluding hydrogens is 386 g/mol. The highest BCUT2D eigenvalue weighted by Crippen LogP contribution is 2.29. The molecule has 1 fully saturated rings. The van der Waals surface area contributed by atoms with Crippen molar-refractivity contribution in [3.63, 3.8) is 0 Å². The Balaban J connectivity index is 1.78. The summed E-state index contributed by atoms with van der Waals surface area (Å²) in [6.45, 7) is 5.08. The summed E-state index contributed by atoms with van der Waals surface area (Å²) >= 11 is 6.01. The van der Waals surface area contributed by atoms with E-state index in [1.54, 1.807) is 6.08 Å². The molecule has 3 amide bonds. The number of benzene rings is 2. The molecule has 0 aliphatic carbocycles. The lowest BCUT2D eigenvalue weighted by molar-refractivity contribution is -0.122. The summed E-state index contributed by atoms with van der Waals surface area (Å²) in [6.07, 6.45) is 2.53. The van der Waals surface area contributed by atoms with Gasteiger partial charge in [0.05, 0.1) is 0 Å². The van der Waals surface area contributed by atoms with Gasteiger partial charge in [0.1, 0.15) is 5.70 Å². The molecular formula is C23H22ClN3O2. The molecule has 6 heteroatoms. The largest absolute Gasteiger partial charge is 0.340 e. The van der Waals surface area contributed by atoms with E-state index in [1.807, 2.05) is 56.3 Å². The van der Waals surface area contributed by atoms with Crippen molar-refractivity contribution in [2.24, 2.45) is 0 Å². The third-order valence-electron chi connectivity index (χ3n) is 5.23. The van der Waals surface area contributed by atoms with Crippen molar-refractivity contribution in [3.8, 4) is 0 Å². The highest BCUT2D eigenvalue weighted by molar-refractivity contribution is 6.30. The first-order chi connectivity index (χ1) is 14.0. The minimum Gasteiger partial charge on any atom is -0.340 e. The first-order valence-electron chi connectivity index (χ1n) is 9.66. The van der Waals surface area contributed by atoms with Crippen LogP contribution in [0.2, 0.25) is 5.02 Å². The van der Waals surface area contributed by atoms with Crippen LogP contribution in [-0.4, -0.2) is 28.0 Å². The van der Waals surface area contributed by atoms with Crippen LogP contribution in [0.1, 0.15) is 30.2 Å². The van der Waals surface area contributed by atoms with Crippen LogP contribution in [0.4, 0.5) is 4.79 Å². The van der Waals surface area contributed by atoms with Crippen molar-refractivity contribution in [1.82, 2.24) is 14.8 Å². The topological polar surface area (TPSA) is 54.3 Å². The molecule has 1 aliphatic rings. The monoisotopic (exact) mass is 407 g/mol. The first-order valence-corrected chi connectivity index (χ1v) is 10.0. The molecule has 1 aromatic heterocycles. The fourth-order valence-corrected chi connectivity index (χ4v) is 3.88. The number of halogens is 1. The minimum atomic E-state index is -0.356. The average Bonchev–Trinajstić information content (AvgIpc) is 3.13. The Morgan fingerprint density at radius 2 is 1.79 bits per heavy atom. The number of aromatic nitrogens is 1. The van der Waals surface area contributed by atoms with Crippen LogP contribution in [0.5, 0.6) is 0 Å². The van der Waals surface area contributed by atoms with Crippen LogP contribution in [0.25, 0.3) is 17.0 Å². The van der Waals surface area contributed by atoms with Gasteiger partial charge in [0.15, 0.2) is 0 Å². The zero-order chi connectivity index (χ0) is 20.5. The molecule has 3 aromatic rings. The number of carbonyl (C=O) groups excluding carboxylic acids is 2. The molecule has 5 nitrogen and oxygen atoms in total. The van der Waals surface area contributed by atoms with Gasteiger partial charge in [-0.05, 0) is 43.2 Å². The molecule has 0 radical (unpaired) electrons. The van der Waals surface area contributed by atoms with Gasteiger partial charge in [-0.1, -0.05) is 48.9 Å². The zero-order valence-electron chi connectivity index (χ0n) is 16.4. The number of rotatable bonds is 5. The van der Waals surface area contributed by atoms with Gasteiger partial charge in [-0.15, -0.1) is 0 Å². The van der Waals surface area contributed by atoms with Crippen LogP contribution >= 0.6 is 11.6 Å². The number of nitrogens with zero attached hydrogens (tertiary/aromatic N) is 2. The highest BCUT2D eigenvalue weighted by Gasteiger charge is 2.33. The second-order valence-corrected chi connectivity index (χ2v) is 7.61. The van der Waals surface area contributed by atoms with Crippen LogP contribution in [0, 0.1) is 6.92 Å². The van der Waals surface area contributed by atoms with E-state index in [2.05, 4.69) is 16.0 Å². The normalized spacial score (nSPS) is 15.6. The zero-order valence-corrected chi connectivity index (χ0v) is 17.2. The number of urea groups is 1. The Kier molecular flexibility index (Phi) is 5.16. The number of nitrogens with one attached hydrogen (secondary N) is 1. The maximum Gasteiger partial charge on any atom is 0.329 e. The predicted octanol–water partition coefficient (Wildman–Crippen LogP) is 4.95. The van der Waals surface area contributed by atoms with Crippen molar-refractivity contribution in [1.29, 1.82) is 0 Å². The van der Waals surface area contributed by atoms with Gasteiger partial charge in [-0.25, -0.2) is 4.79 Å². The second-order valence-electron chi connectivity index (χ2n) is 7.17. The first kappa shape index (κ1) is 19.3. The Labute approximate surface area is 174 Å².